The third kappa shape index (κ3) is 2.33. The van der Waals surface area contributed by atoms with Crippen molar-refractivity contribution in [1.82, 2.24) is 5.32 Å². The van der Waals surface area contributed by atoms with Gasteiger partial charge in [-0.3, -0.25) is 0 Å². The van der Waals surface area contributed by atoms with E-state index in [1.165, 1.54) is 12.1 Å². The molecule has 2 unspecified atom stereocenters. The molecule has 16 heavy (non-hydrogen) atoms. The van der Waals surface area contributed by atoms with Gasteiger partial charge in [0.15, 0.2) is 0 Å². The van der Waals surface area contributed by atoms with Gasteiger partial charge in [0.05, 0.1) is 0 Å². The molecule has 1 aliphatic heterocycles. The summed E-state index contributed by atoms with van der Waals surface area (Å²) in [5.41, 5.74) is 1.29. The Morgan fingerprint density at radius 1 is 1.38 bits per heavy atom. The first-order valence-corrected chi connectivity index (χ1v) is 6.27. The number of benzene rings is 1. The molecule has 0 aromatic heterocycles. The zero-order chi connectivity index (χ0) is 11.5. The van der Waals surface area contributed by atoms with Gasteiger partial charge < -0.3 is 10.2 Å². The van der Waals surface area contributed by atoms with Crippen molar-refractivity contribution in [2.24, 2.45) is 5.92 Å². The molecule has 0 bridgehead atoms. The lowest BCUT2D eigenvalue weighted by Crippen LogP contribution is -2.33. The van der Waals surface area contributed by atoms with Crippen LogP contribution in [-0.2, 0) is 0 Å². The highest BCUT2D eigenvalue weighted by atomic mass is 35.5. The van der Waals surface area contributed by atoms with Gasteiger partial charge in [0.25, 0.3) is 0 Å². The molecule has 1 heterocycles. The molecule has 0 spiro atoms. The van der Waals surface area contributed by atoms with Crippen molar-refractivity contribution < 1.29 is 0 Å². The van der Waals surface area contributed by atoms with Crippen molar-refractivity contribution in [3.05, 3.63) is 29.3 Å². The van der Waals surface area contributed by atoms with E-state index in [0.717, 1.165) is 24.0 Å². The van der Waals surface area contributed by atoms with Gasteiger partial charge in [-0.05, 0) is 57.1 Å². The topological polar surface area (TPSA) is 15.3 Å². The van der Waals surface area contributed by atoms with Gasteiger partial charge in [-0.1, -0.05) is 11.6 Å². The molecule has 1 fully saturated rings. The van der Waals surface area contributed by atoms with E-state index in [1.54, 1.807) is 0 Å². The van der Waals surface area contributed by atoms with E-state index in [9.17, 15) is 0 Å². The fraction of sp³-hybridized carbons (Fsp3) is 0.538. The highest BCUT2D eigenvalue weighted by Crippen LogP contribution is 2.29. The number of hydrogen-bond donors (Lipinski definition) is 1. The van der Waals surface area contributed by atoms with Crippen LogP contribution in [0.3, 0.4) is 0 Å². The van der Waals surface area contributed by atoms with Gasteiger partial charge in [0, 0.05) is 23.3 Å². The summed E-state index contributed by atoms with van der Waals surface area (Å²) >= 11 is 5.90. The molecule has 1 aromatic carbocycles. The summed E-state index contributed by atoms with van der Waals surface area (Å²) in [6, 6.07) is 8.76. The number of anilines is 1. The van der Waals surface area contributed by atoms with Crippen molar-refractivity contribution >= 4 is 17.3 Å². The molecule has 0 aliphatic carbocycles. The van der Waals surface area contributed by atoms with Crippen molar-refractivity contribution in [2.45, 2.75) is 19.4 Å². The summed E-state index contributed by atoms with van der Waals surface area (Å²) in [6.07, 6.45) is 1.27. The van der Waals surface area contributed by atoms with Crippen LogP contribution in [0.5, 0.6) is 0 Å². The molecule has 1 saturated heterocycles. The SMILES string of the molecule is CNCC1CCN(c2ccc(Cl)cc2)C1C. The van der Waals surface area contributed by atoms with Gasteiger partial charge in [-0.25, -0.2) is 0 Å². The van der Waals surface area contributed by atoms with Gasteiger partial charge in [0.2, 0.25) is 0 Å². The van der Waals surface area contributed by atoms with Gasteiger partial charge in [-0.2, -0.15) is 0 Å². The van der Waals surface area contributed by atoms with E-state index in [-0.39, 0.29) is 0 Å². The van der Waals surface area contributed by atoms with Crippen molar-refractivity contribution in [2.75, 3.05) is 25.0 Å². The number of halogens is 1. The third-order valence-corrected chi connectivity index (χ3v) is 3.79. The summed E-state index contributed by atoms with van der Waals surface area (Å²) < 4.78 is 0. The minimum atomic E-state index is 0.605. The Bertz CT molecular complexity index is 336. The van der Waals surface area contributed by atoms with E-state index < -0.39 is 0 Å². The monoisotopic (exact) mass is 238 g/mol. The molecule has 2 nitrogen and oxygen atoms in total. The highest BCUT2D eigenvalue weighted by molar-refractivity contribution is 6.30. The van der Waals surface area contributed by atoms with E-state index >= 15 is 0 Å². The van der Waals surface area contributed by atoms with E-state index in [4.69, 9.17) is 11.6 Å². The second kappa shape index (κ2) is 5.07. The molecular weight excluding hydrogens is 220 g/mol. The van der Waals surface area contributed by atoms with Crippen LogP contribution < -0.4 is 10.2 Å². The van der Waals surface area contributed by atoms with Crippen LogP contribution in [0.25, 0.3) is 0 Å². The smallest absolute Gasteiger partial charge is 0.0407 e. The first kappa shape index (κ1) is 11.7. The number of nitrogens with zero attached hydrogens (tertiary/aromatic N) is 1. The molecule has 1 aliphatic rings. The first-order chi connectivity index (χ1) is 7.72. The van der Waals surface area contributed by atoms with Crippen molar-refractivity contribution in [3.8, 4) is 0 Å². The van der Waals surface area contributed by atoms with E-state index in [2.05, 4.69) is 29.3 Å². The second-order valence-electron chi connectivity index (χ2n) is 4.52. The lowest BCUT2D eigenvalue weighted by molar-refractivity contribution is 0.474. The van der Waals surface area contributed by atoms with Crippen LogP contribution >= 0.6 is 11.6 Å². The zero-order valence-corrected chi connectivity index (χ0v) is 10.7. The molecule has 0 saturated carbocycles. The van der Waals surface area contributed by atoms with E-state index in [0.29, 0.717) is 6.04 Å². The van der Waals surface area contributed by atoms with Gasteiger partial charge in [-0.15, -0.1) is 0 Å². The van der Waals surface area contributed by atoms with Crippen LogP contribution in [0.1, 0.15) is 13.3 Å². The predicted molar refractivity (Wildman–Crippen MR) is 70.3 cm³/mol. The van der Waals surface area contributed by atoms with Crippen molar-refractivity contribution in [1.29, 1.82) is 0 Å². The Kier molecular flexibility index (Phi) is 3.72. The molecule has 2 atom stereocenters. The lowest BCUT2D eigenvalue weighted by atomic mass is 10.0. The summed E-state index contributed by atoms with van der Waals surface area (Å²) in [5.74, 6) is 0.751. The highest BCUT2D eigenvalue weighted by Gasteiger charge is 2.29. The zero-order valence-electron chi connectivity index (χ0n) is 9.91. The fourth-order valence-corrected chi connectivity index (χ4v) is 2.66. The Balaban J connectivity index is 2.08. The van der Waals surface area contributed by atoms with Gasteiger partial charge >= 0.3 is 0 Å². The molecule has 0 amide bonds. The molecule has 1 aromatic rings. The normalized spacial score (nSPS) is 25.1. The minimum absolute atomic E-state index is 0.605. The van der Waals surface area contributed by atoms with Crippen LogP contribution in [0.15, 0.2) is 24.3 Å². The average molecular weight is 239 g/mol. The lowest BCUT2D eigenvalue weighted by Gasteiger charge is -2.26. The molecule has 1 N–H and O–H groups in total. The third-order valence-electron chi connectivity index (χ3n) is 3.54. The predicted octanol–water partition coefficient (Wildman–Crippen LogP) is 2.77. The summed E-state index contributed by atoms with van der Waals surface area (Å²) in [5, 5.41) is 4.08. The Morgan fingerprint density at radius 3 is 2.69 bits per heavy atom. The largest absolute Gasteiger partial charge is 0.368 e. The first-order valence-electron chi connectivity index (χ1n) is 5.89. The van der Waals surface area contributed by atoms with Crippen LogP contribution in [0.4, 0.5) is 5.69 Å². The fourth-order valence-electron chi connectivity index (χ4n) is 2.54. The Labute approximate surface area is 103 Å². The quantitative estimate of drug-likeness (QED) is 0.871. The standard InChI is InChI=1S/C13H19ClN2/c1-10-11(9-15-2)7-8-16(10)13-5-3-12(14)4-6-13/h3-6,10-11,15H,7-9H2,1-2H3. The number of hydrogen-bond acceptors (Lipinski definition) is 2. The molecular formula is C13H19ClN2. The number of rotatable bonds is 3. The summed E-state index contributed by atoms with van der Waals surface area (Å²) in [6.45, 7) is 4.56. The maximum absolute atomic E-state index is 5.90. The van der Waals surface area contributed by atoms with Crippen LogP contribution in [0.2, 0.25) is 5.02 Å². The number of nitrogens with one attached hydrogen (secondary N) is 1. The van der Waals surface area contributed by atoms with E-state index in [1.807, 2.05) is 19.2 Å². The summed E-state index contributed by atoms with van der Waals surface area (Å²) in [7, 11) is 2.03. The van der Waals surface area contributed by atoms with Gasteiger partial charge in [0.1, 0.15) is 0 Å². The Morgan fingerprint density at radius 2 is 2.06 bits per heavy atom. The van der Waals surface area contributed by atoms with Crippen LogP contribution in [-0.4, -0.2) is 26.2 Å². The molecule has 88 valence electrons. The second-order valence-corrected chi connectivity index (χ2v) is 4.95. The average Bonchev–Trinajstić information content (AvgIpc) is 2.63. The maximum Gasteiger partial charge on any atom is 0.0407 e. The summed E-state index contributed by atoms with van der Waals surface area (Å²) in [4.78, 5) is 2.47. The molecule has 2 rings (SSSR count). The Hall–Kier alpha value is -0.730. The van der Waals surface area contributed by atoms with Crippen LogP contribution in [0, 0.1) is 5.92 Å². The minimum Gasteiger partial charge on any atom is -0.368 e. The van der Waals surface area contributed by atoms with Crippen molar-refractivity contribution in [3.63, 3.8) is 0 Å². The molecule has 3 heteroatoms. The maximum atomic E-state index is 5.90. The molecule has 0 radical (unpaired) electrons.